The molecule has 5 aliphatic heterocycles. The minimum Gasteiger partial charge on any atom is -0.469 e. The van der Waals surface area contributed by atoms with E-state index >= 15 is 0 Å². The number of rotatable bonds is 22. The molecule has 0 aliphatic carbocycles. The lowest BCUT2D eigenvalue weighted by Crippen LogP contribution is -2.55. The van der Waals surface area contributed by atoms with E-state index in [-0.39, 0.29) is 70.8 Å². The van der Waals surface area contributed by atoms with E-state index in [0.29, 0.717) is 63.9 Å². The molecule has 8 bridgehead atoms. The normalized spacial score (nSPS) is 30.4. The third-order valence-corrected chi connectivity index (χ3v) is 20.1. The zero-order valence-corrected chi connectivity index (χ0v) is 52.5. The standard InChI is InChI=1S/C65H86N6O14/c1-37-23-28-66-44(31-37)45-32-40(24-29-67-45)25-30-85-54(78)36-64(9)58-39(3)56-42(18-20-49(73)80-12)63(8,35-53(77)84-16)65(10,71-56)59-43(33-52(76)83-15)61(6,26-21-50(74)81-13)57(70-59)38(2)55-41(17-19-48(72)79-11)60(4,5)46(68-55)34-47(69-58)62(64,7)27-22-51(75)82-14/h23-24,28-29,31-32,34,41-43,59,69H,17-22,25-27,30,33,35-36H2,1-16H3/b47-34-,55-38-,58-39-/t41-,42-,43+,59?,61-,62-,63+,64-,65-/m1/s1. The Hall–Kier alpha value is -7.38. The number of hydrogen-bond donors (Lipinski definition) is 1. The van der Waals surface area contributed by atoms with Crippen LogP contribution >= 0.6 is 0 Å². The summed E-state index contributed by atoms with van der Waals surface area (Å²) < 4.78 is 38.2. The molecule has 2 aromatic heterocycles. The van der Waals surface area contributed by atoms with Crippen LogP contribution in [0.15, 0.2) is 85.9 Å². The van der Waals surface area contributed by atoms with Gasteiger partial charge in [0.25, 0.3) is 0 Å². The highest BCUT2D eigenvalue weighted by molar-refractivity contribution is 6.10. The number of nitrogens with one attached hydrogen (secondary N) is 1. The van der Waals surface area contributed by atoms with E-state index < -0.39 is 98.2 Å². The number of aryl methyl sites for hydroxylation is 1. The van der Waals surface area contributed by atoms with Crippen molar-refractivity contribution in [3.05, 3.63) is 82.1 Å². The van der Waals surface area contributed by atoms with Crippen molar-refractivity contribution in [2.24, 2.45) is 59.8 Å². The van der Waals surface area contributed by atoms with Crippen molar-refractivity contribution in [1.82, 2.24) is 15.3 Å². The van der Waals surface area contributed by atoms with Crippen molar-refractivity contribution >= 4 is 58.9 Å². The van der Waals surface area contributed by atoms with Gasteiger partial charge in [0.05, 0.1) is 91.5 Å². The average Bonchev–Trinajstić information content (AvgIpc) is 1.56. The van der Waals surface area contributed by atoms with E-state index in [1.807, 2.05) is 85.7 Å². The number of aliphatic imine (C=N–C) groups is 3. The third kappa shape index (κ3) is 12.4. The van der Waals surface area contributed by atoms with Crippen LogP contribution in [0.1, 0.15) is 144 Å². The zero-order valence-electron chi connectivity index (χ0n) is 52.5. The molecule has 0 spiro atoms. The highest BCUT2D eigenvalue weighted by Gasteiger charge is 2.67. The van der Waals surface area contributed by atoms with Crippen molar-refractivity contribution in [1.29, 1.82) is 0 Å². The van der Waals surface area contributed by atoms with E-state index in [1.165, 1.54) is 42.7 Å². The van der Waals surface area contributed by atoms with Gasteiger partial charge in [-0.3, -0.25) is 58.5 Å². The molecule has 0 amide bonds. The van der Waals surface area contributed by atoms with Gasteiger partial charge in [-0.05, 0) is 106 Å². The second kappa shape index (κ2) is 25.7. The van der Waals surface area contributed by atoms with Crippen molar-refractivity contribution in [3.8, 4) is 11.4 Å². The van der Waals surface area contributed by atoms with Crippen molar-refractivity contribution in [3.63, 3.8) is 0 Å². The summed E-state index contributed by atoms with van der Waals surface area (Å²) in [5.41, 5.74) is 1.18. The van der Waals surface area contributed by atoms with E-state index in [9.17, 15) is 33.6 Å². The molecule has 9 atom stereocenters. The molecule has 460 valence electrons. The number of hydrogen-bond acceptors (Lipinski definition) is 20. The first-order chi connectivity index (χ1) is 40.0. The van der Waals surface area contributed by atoms with Crippen molar-refractivity contribution < 1.29 is 66.7 Å². The number of carbonyl (C=O) groups excluding carboxylic acids is 7. The van der Waals surface area contributed by atoms with Crippen LogP contribution in [-0.4, -0.2) is 130 Å². The molecule has 1 saturated heterocycles. The molecule has 1 unspecified atom stereocenters. The monoisotopic (exact) mass is 1170 g/mol. The smallest absolute Gasteiger partial charge is 0.306 e. The van der Waals surface area contributed by atoms with Crippen LogP contribution in [0.25, 0.3) is 11.4 Å². The van der Waals surface area contributed by atoms with Crippen LogP contribution < -0.4 is 5.32 Å². The minimum absolute atomic E-state index is 0.0286. The highest BCUT2D eigenvalue weighted by Crippen LogP contribution is 2.64. The summed E-state index contributed by atoms with van der Waals surface area (Å²) in [4.78, 5) is 123. The summed E-state index contributed by atoms with van der Waals surface area (Å²) in [5.74, 6) is -5.38. The maximum Gasteiger partial charge on any atom is 0.306 e. The summed E-state index contributed by atoms with van der Waals surface area (Å²) in [7, 11) is 7.92. The SMILES string of the molecule is COC(=O)CC[C@@H]1/C2=C(\C)C3=NC([C@H](CC(=O)OC)[C@@]3(C)CCC(=O)OC)[C@@]3(C)N=C(/C(C)=C4\N/C(=C\C(=N2)C1(C)C)[C@@](C)(CCC(=O)OC)[C@]4(C)CC(=O)OCCc1ccnc(-c2cc(C)ccn2)c1)[C@@H](CCC(=O)OC)[C@]3(C)CC(=O)OC. The van der Waals surface area contributed by atoms with E-state index in [1.54, 1.807) is 12.4 Å². The Morgan fingerprint density at radius 3 is 1.78 bits per heavy atom. The molecule has 20 heteroatoms. The van der Waals surface area contributed by atoms with Crippen molar-refractivity contribution in [2.45, 2.75) is 158 Å². The van der Waals surface area contributed by atoms with Crippen LogP contribution in [0.4, 0.5) is 0 Å². The number of ether oxygens (including phenoxy) is 7. The fraction of sp³-hybridized carbons (Fsp3) is 0.600. The summed E-state index contributed by atoms with van der Waals surface area (Å²) in [6.45, 7) is 19.8. The largest absolute Gasteiger partial charge is 0.469 e. The summed E-state index contributed by atoms with van der Waals surface area (Å²) in [6, 6.07) is 6.73. The third-order valence-electron chi connectivity index (χ3n) is 20.1. The van der Waals surface area contributed by atoms with Gasteiger partial charge in [-0.2, -0.15) is 0 Å². The minimum atomic E-state index is -1.42. The van der Waals surface area contributed by atoms with Gasteiger partial charge in [0.1, 0.15) is 0 Å². The Balaban J connectivity index is 1.54. The van der Waals surface area contributed by atoms with E-state index in [4.69, 9.17) is 48.1 Å². The molecular formula is C65H86N6O14. The molecule has 0 saturated carbocycles. The number of carbonyl (C=O) groups is 7. The number of esters is 7. The highest BCUT2D eigenvalue weighted by atomic mass is 16.5. The molecule has 85 heavy (non-hydrogen) atoms. The van der Waals surface area contributed by atoms with Gasteiger partial charge in [-0.25, -0.2) is 0 Å². The second-order valence-corrected chi connectivity index (χ2v) is 25.0. The Bertz CT molecular complexity index is 3190. The fourth-order valence-electron chi connectivity index (χ4n) is 14.3. The molecule has 1 N–H and O–H groups in total. The number of fused-ring (bicyclic) bond motifs is 6. The fourth-order valence-corrected chi connectivity index (χ4v) is 14.3. The first-order valence-electron chi connectivity index (χ1n) is 29.2. The topological polar surface area (TPSA) is 259 Å². The summed E-state index contributed by atoms with van der Waals surface area (Å²) >= 11 is 0. The average molecular weight is 1180 g/mol. The van der Waals surface area contributed by atoms with E-state index in [2.05, 4.69) is 29.1 Å². The number of methoxy groups -OCH3 is 6. The van der Waals surface area contributed by atoms with Gasteiger partial charge in [0.2, 0.25) is 0 Å². The van der Waals surface area contributed by atoms with Gasteiger partial charge in [0.15, 0.2) is 0 Å². The number of pyridine rings is 2. The Morgan fingerprint density at radius 1 is 0.612 bits per heavy atom. The number of nitrogens with zero attached hydrogens (tertiary/aromatic N) is 5. The summed E-state index contributed by atoms with van der Waals surface area (Å²) in [5, 5.41) is 3.85. The maximum absolute atomic E-state index is 15.0. The second-order valence-electron chi connectivity index (χ2n) is 25.0. The molecule has 7 heterocycles. The quantitative estimate of drug-likeness (QED) is 0.0850. The molecule has 0 aromatic carbocycles. The van der Waals surface area contributed by atoms with Crippen LogP contribution in [0.5, 0.6) is 0 Å². The number of aromatic nitrogens is 2. The molecule has 5 aliphatic rings. The molecule has 20 nitrogen and oxygen atoms in total. The predicted molar refractivity (Wildman–Crippen MR) is 318 cm³/mol. The van der Waals surface area contributed by atoms with Gasteiger partial charge >= 0.3 is 41.8 Å². The Labute approximate surface area is 499 Å². The molecule has 0 radical (unpaired) electrons. The van der Waals surface area contributed by atoms with E-state index in [0.717, 1.165) is 16.8 Å². The van der Waals surface area contributed by atoms with Gasteiger partial charge in [-0.1, -0.05) is 41.5 Å². The first-order valence-corrected chi connectivity index (χ1v) is 29.2. The first kappa shape index (κ1) is 65.2. The van der Waals surface area contributed by atoms with Crippen LogP contribution in [0, 0.1) is 51.8 Å². The molecule has 2 aromatic rings. The van der Waals surface area contributed by atoms with Gasteiger partial charge in [0, 0.05) is 124 Å². The van der Waals surface area contributed by atoms with Gasteiger partial charge in [-0.15, -0.1) is 0 Å². The predicted octanol–water partition coefficient (Wildman–Crippen LogP) is 9.31. The molecule has 1 fully saturated rings. The lowest BCUT2D eigenvalue weighted by Gasteiger charge is -2.48. The maximum atomic E-state index is 15.0. The van der Waals surface area contributed by atoms with Crippen LogP contribution in [0.3, 0.4) is 0 Å². The van der Waals surface area contributed by atoms with Crippen molar-refractivity contribution in [2.75, 3.05) is 49.3 Å². The van der Waals surface area contributed by atoms with Crippen LogP contribution in [0.2, 0.25) is 0 Å². The zero-order chi connectivity index (χ0) is 62.6. The Kier molecular flexibility index (Phi) is 19.7. The summed E-state index contributed by atoms with van der Waals surface area (Å²) in [6.07, 6.45) is 5.84. The van der Waals surface area contributed by atoms with Crippen LogP contribution in [-0.2, 0) is 73.1 Å². The lowest BCUT2D eigenvalue weighted by molar-refractivity contribution is -0.147. The number of allylic oxidation sites excluding steroid dienone is 6. The molecular weight excluding hydrogens is 1090 g/mol. The van der Waals surface area contributed by atoms with Gasteiger partial charge < -0.3 is 38.5 Å². The Morgan fingerprint density at radius 2 is 1.18 bits per heavy atom. The lowest BCUT2D eigenvalue weighted by atomic mass is 9.55. The molecule has 7 rings (SSSR count).